The van der Waals surface area contributed by atoms with Crippen LogP contribution in [0.4, 0.5) is 5.82 Å². The van der Waals surface area contributed by atoms with E-state index in [4.69, 9.17) is 15.2 Å². The minimum Gasteiger partial charge on any atom is -0.490 e. The van der Waals surface area contributed by atoms with Crippen molar-refractivity contribution >= 4 is 5.82 Å². The number of anilines is 1. The van der Waals surface area contributed by atoms with Gasteiger partial charge in [-0.05, 0) is 31.9 Å². The molecule has 0 saturated heterocycles. The predicted molar refractivity (Wildman–Crippen MR) is 80.9 cm³/mol. The summed E-state index contributed by atoms with van der Waals surface area (Å²) in [6, 6.07) is 9.68. The second-order valence-corrected chi connectivity index (χ2v) is 5.08. The average molecular weight is 285 g/mol. The number of hydrogen-bond donors (Lipinski definition) is 1. The molecule has 5 nitrogen and oxygen atoms in total. The zero-order chi connectivity index (χ0) is 14.7. The molecular formula is C16H19N3O2. The van der Waals surface area contributed by atoms with E-state index in [2.05, 4.69) is 9.97 Å². The Bertz CT molecular complexity index is 627. The zero-order valence-electron chi connectivity index (χ0n) is 12.1. The van der Waals surface area contributed by atoms with Crippen molar-refractivity contribution in [2.45, 2.75) is 32.5 Å². The Morgan fingerprint density at radius 3 is 2.86 bits per heavy atom. The largest absolute Gasteiger partial charge is 0.490 e. The standard InChI is InChI=1S/C16H19N3O2/c1-2-20-10-16-18-14(9-15(17)19-16)11-4-3-5-13(8-11)21-12-6-7-12/h3-5,8-9,12H,2,6-7,10H2,1H3,(H2,17,18,19). The number of hydrogen-bond acceptors (Lipinski definition) is 5. The van der Waals surface area contributed by atoms with Crippen LogP contribution in [0.2, 0.25) is 0 Å². The fourth-order valence-corrected chi connectivity index (χ4v) is 2.03. The Morgan fingerprint density at radius 2 is 2.10 bits per heavy atom. The molecule has 1 saturated carbocycles. The van der Waals surface area contributed by atoms with Crippen LogP contribution in [-0.4, -0.2) is 22.7 Å². The maximum atomic E-state index is 5.86. The molecule has 0 bridgehead atoms. The van der Waals surface area contributed by atoms with Crippen molar-refractivity contribution in [1.29, 1.82) is 0 Å². The third kappa shape index (κ3) is 3.70. The summed E-state index contributed by atoms with van der Waals surface area (Å²) in [5.41, 5.74) is 7.62. The van der Waals surface area contributed by atoms with E-state index >= 15 is 0 Å². The van der Waals surface area contributed by atoms with E-state index in [0.29, 0.717) is 31.0 Å². The second-order valence-electron chi connectivity index (χ2n) is 5.08. The molecule has 0 unspecified atom stereocenters. The number of nitrogens with zero attached hydrogens (tertiary/aromatic N) is 2. The minimum atomic E-state index is 0.368. The molecule has 1 heterocycles. The van der Waals surface area contributed by atoms with E-state index in [1.165, 1.54) is 0 Å². The van der Waals surface area contributed by atoms with Gasteiger partial charge in [-0.1, -0.05) is 12.1 Å². The average Bonchev–Trinajstić information content (AvgIpc) is 3.29. The Hall–Kier alpha value is -2.14. The van der Waals surface area contributed by atoms with E-state index in [1.54, 1.807) is 6.07 Å². The van der Waals surface area contributed by atoms with Crippen LogP contribution < -0.4 is 10.5 Å². The molecule has 1 aromatic carbocycles. The molecule has 0 spiro atoms. The molecule has 21 heavy (non-hydrogen) atoms. The molecule has 0 atom stereocenters. The van der Waals surface area contributed by atoms with Gasteiger partial charge in [-0.2, -0.15) is 0 Å². The van der Waals surface area contributed by atoms with Gasteiger partial charge in [0.2, 0.25) is 0 Å². The summed E-state index contributed by atoms with van der Waals surface area (Å²) in [5.74, 6) is 1.92. The van der Waals surface area contributed by atoms with Crippen molar-refractivity contribution in [3.63, 3.8) is 0 Å². The van der Waals surface area contributed by atoms with Crippen molar-refractivity contribution < 1.29 is 9.47 Å². The van der Waals surface area contributed by atoms with Crippen LogP contribution in [0.3, 0.4) is 0 Å². The van der Waals surface area contributed by atoms with Crippen molar-refractivity contribution in [3.8, 4) is 17.0 Å². The number of aromatic nitrogens is 2. The highest BCUT2D eigenvalue weighted by Crippen LogP contribution is 2.29. The molecule has 0 amide bonds. The molecule has 1 aliphatic rings. The highest BCUT2D eigenvalue weighted by Gasteiger charge is 2.23. The monoisotopic (exact) mass is 285 g/mol. The van der Waals surface area contributed by atoms with E-state index in [1.807, 2.05) is 31.2 Å². The first-order valence-electron chi connectivity index (χ1n) is 7.23. The van der Waals surface area contributed by atoms with Crippen LogP contribution in [-0.2, 0) is 11.3 Å². The lowest BCUT2D eigenvalue weighted by Crippen LogP contribution is -2.03. The van der Waals surface area contributed by atoms with E-state index < -0.39 is 0 Å². The quantitative estimate of drug-likeness (QED) is 0.883. The minimum absolute atomic E-state index is 0.368. The molecule has 3 rings (SSSR count). The third-order valence-electron chi connectivity index (χ3n) is 3.18. The molecule has 1 aliphatic carbocycles. The van der Waals surface area contributed by atoms with Crippen LogP contribution in [0.1, 0.15) is 25.6 Å². The van der Waals surface area contributed by atoms with Gasteiger partial charge in [0.1, 0.15) is 18.2 Å². The lowest BCUT2D eigenvalue weighted by atomic mass is 10.1. The summed E-state index contributed by atoms with van der Waals surface area (Å²) in [6.45, 7) is 2.93. The number of nitrogens with two attached hydrogens (primary N) is 1. The lowest BCUT2D eigenvalue weighted by molar-refractivity contribution is 0.128. The summed E-state index contributed by atoms with van der Waals surface area (Å²) in [7, 11) is 0. The van der Waals surface area contributed by atoms with Gasteiger partial charge in [0.15, 0.2) is 5.82 Å². The van der Waals surface area contributed by atoms with Crippen LogP contribution in [0.15, 0.2) is 30.3 Å². The van der Waals surface area contributed by atoms with Crippen LogP contribution in [0, 0.1) is 0 Å². The van der Waals surface area contributed by atoms with Crippen LogP contribution in [0.25, 0.3) is 11.3 Å². The molecular weight excluding hydrogens is 266 g/mol. The molecule has 1 aromatic heterocycles. The fourth-order valence-electron chi connectivity index (χ4n) is 2.03. The van der Waals surface area contributed by atoms with Gasteiger partial charge in [-0.15, -0.1) is 0 Å². The maximum Gasteiger partial charge on any atom is 0.157 e. The van der Waals surface area contributed by atoms with Crippen molar-refractivity contribution in [1.82, 2.24) is 9.97 Å². The first kappa shape index (κ1) is 13.8. The van der Waals surface area contributed by atoms with Gasteiger partial charge in [0.05, 0.1) is 11.8 Å². The number of ether oxygens (including phenoxy) is 2. The third-order valence-corrected chi connectivity index (χ3v) is 3.18. The highest BCUT2D eigenvalue weighted by atomic mass is 16.5. The van der Waals surface area contributed by atoms with Crippen molar-refractivity contribution in [2.24, 2.45) is 0 Å². The van der Waals surface area contributed by atoms with Gasteiger partial charge in [-0.3, -0.25) is 0 Å². The van der Waals surface area contributed by atoms with Crippen molar-refractivity contribution in [3.05, 3.63) is 36.2 Å². The smallest absolute Gasteiger partial charge is 0.157 e. The predicted octanol–water partition coefficient (Wildman–Crippen LogP) is 2.80. The second kappa shape index (κ2) is 6.10. The number of nitrogen functional groups attached to an aromatic ring is 1. The Kier molecular flexibility index (Phi) is 4.01. The van der Waals surface area contributed by atoms with E-state index in [9.17, 15) is 0 Å². The molecule has 0 aliphatic heterocycles. The fraction of sp³-hybridized carbons (Fsp3) is 0.375. The summed E-state index contributed by atoms with van der Waals surface area (Å²) in [4.78, 5) is 8.69. The summed E-state index contributed by atoms with van der Waals surface area (Å²) in [5, 5.41) is 0. The molecule has 2 aromatic rings. The van der Waals surface area contributed by atoms with E-state index in [0.717, 1.165) is 29.8 Å². The van der Waals surface area contributed by atoms with Gasteiger partial charge in [0.25, 0.3) is 0 Å². The van der Waals surface area contributed by atoms with Crippen LogP contribution in [0.5, 0.6) is 5.75 Å². The Morgan fingerprint density at radius 1 is 1.24 bits per heavy atom. The van der Waals surface area contributed by atoms with E-state index in [-0.39, 0.29) is 0 Å². The van der Waals surface area contributed by atoms with Crippen molar-refractivity contribution in [2.75, 3.05) is 12.3 Å². The van der Waals surface area contributed by atoms with Gasteiger partial charge >= 0.3 is 0 Å². The number of benzene rings is 1. The van der Waals surface area contributed by atoms with Gasteiger partial charge in [-0.25, -0.2) is 9.97 Å². The Labute approximate surface area is 124 Å². The normalized spacial score (nSPS) is 14.1. The van der Waals surface area contributed by atoms with Crippen LogP contribution >= 0.6 is 0 Å². The Balaban J connectivity index is 1.85. The molecule has 110 valence electrons. The number of rotatable bonds is 6. The summed E-state index contributed by atoms with van der Waals surface area (Å²) < 4.78 is 11.2. The zero-order valence-corrected chi connectivity index (χ0v) is 12.1. The lowest BCUT2D eigenvalue weighted by Gasteiger charge is -2.08. The SMILES string of the molecule is CCOCc1nc(N)cc(-c2cccc(OC3CC3)c2)n1. The first-order chi connectivity index (χ1) is 10.2. The van der Waals surface area contributed by atoms with Gasteiger partial charge < -0.3 is 15.2 Å². The van der Waals surface area contributed by atoms with Gasteiger partial charge in [0, 0.05) is 18.2 Å². The summed E-state index contributed by atoms with van der Waals surface area (Å²) in [6.07, 6.45) is 2.66. The molecule has 0 radical (unpaired) electrons. The molecule has 2 N–H and O–H groups in total. The summed E-state index contributed by atoms with van der Waals surface area (Å²) >= 11 is 0. The molecule has 1 fully saturated rings. The highest BCUT2D eigenvalue weighted by molar-refractivity contribution is 5.63. The topological polar surface area (TPSA) is 70.3 Å². The molecule has 5 heteroatoms. The first-order valence-corrected chi connectivity index (χ1v) is 7.23. The maximum absolute atomic E-state index is 5.86.